The van der Waals surface area contributed by atoms with Crippen molar-refractivity contribution in [2.24, 2.45) is 0 Å². The highest BCUT2D eigenvalue weighted by Crippen LogP contribution is 2.40. The first-order valence-corrected chi connectivity index (χ1v) is 13.4. The molecule has 1 aliphatic heterocycles. The Morgan fingerprint density at radius 3 is 2.68 bits per heavy atom. The van der Waals surface area contributed by atoms with Crippen molar-refractivity contribution in [1.29, 1.82) is 0 Å². The average Bonchev–Trinajstić information content (AvgIpc) is 2.88. The molecule has 9 heteroatoms. The number of rotatable bonds is 6. The van der Waals surface area contributed by atoms with Gasteiger partial charge in [-0.1, -0.05) is 26.8 Å². The Morgan fingerprint density at radius 1 is 1.18 bits per heavy atom. The van der Waals surface area contributed by atoms with Crippen molar-refractivity contribution in [3.05, 3.63) is 53.5 Å². The Morgan fingerprint density at radius 2 is 1.97 bits per heavy atom. The molecule has 38 heavy (non-hydrogen) atoms. The lowest BCUT2D eigenvalue weighted by Crippen LogP contribution is -2.45. The summed E-state index contributed by atoms with van der Waals surface area (Å²) >= 11 is 6.83. The van der Waals surface area contributed by atoms with E-state index in [4.69, 9.17) is 16.6 Å². The SMILES string of the molecule is CCc1c(F)ccc2cc(O)cc(-c3ncc4c(N5CCCC(Cl)(CCO)C5)nc(C(C)C)nc4c3F)c12. The predicted molar refractivity (Wildman–Crippen MR) is 147 cm³/mol. The van der Waals surface area contributed by atoms with Gasteiger partial charge in [0.2, 0.25) is 0 Å². The maximum atomic E-state index is 16.4. The summed E-state index contributed by atoms with van der Waals surface area (Å²) in [6.07, 6.45) is 3.96. The van der Waals surface area contributed by atoms with Gasteiger partial charge in [-0.05, 0) is 60.2 Å². The van der Waals surface area contributed by atoms with E-state index >= 15 is 4.39 Å². The normalized spacial score (nSPS) is 18.2. The third-order valence-corrected chi connectivity index (χ3v) is 7.84. The van der Waals surface area contributed by atoms with Crippen molar-refractivity contribution in [3.8, 4) is 17.0 Å². The van der Waals surface area contributed by atoms with Crippen LogP contribution in [-0.4, -0.2) is 49.7 Å². The fraction of sp³-hybridized carbons (Fsp3) is 0.414. The highest BCUT2D eigenvalue weighted by atomic mass is 35.5. The molecule has 0 bridgehead atoms. The van der Waals surface area contributed by atoms with Crippen molar-refractivity contribution in [2.75, 3.05) is 24.6 Å². The molecule has 0 saturated carbocycles. The van der Waals surface area contributed by atoms with Crippen molar-refractivity contribution >= 4 is 39.1 Å². The molecule has 0 amide bonds. The summed E-state index contributed by atoms with van der Waals surface area (Å²) in [6, 6.07) is 5.89. The van der Waals surface area contributed by atoms with Gasteiger partial charge in [0.25, 0.3) is 0 Å². The first-order valence-electron chi connectivity index (χ1n) is 13.0. The number of nitrogens with zero attached hydrogens (tertiary/aromatic N) is 4. The first kappa shape index (κ1) is 26.5. The maximum Gasteiger partial charge on any atom is 0.175 e. The van der Waals surface area contributed by atoms with Gasteiger partial charge in [-0.25, -0.2) is 18.7 Å². The molecule has 0 aliphatic carbocycles. The number of aliphatic hydroxyl groups is 1. The summed E-state index contributed by atoms with van der Waals surface area (Å²) in [5, 5.41) is 21.5. The zero-order chi connectivity index (χ0) is 27.2. The molecule has 1 aliphatic rings. The van der Waals surface area contributed by atoms with E-state index in [1.807, 2.05) is 25.7 Å². The number of alkyl halides is 1. The molecular weight excluding hydrogens is 510 g/mol. The lowest BCUT2D eigenvalue weighted by atomic mass is 9.93. The van der Waals surface area contributed by atoms with Gasteiger partial charge in [0.1, 0.15) is 34.4 Å². The molecule has 3 heterocycles. The number of aromatic hydroxyl groups is 1. The number of aromatic nitrogens is 3. The molecule has 5 rings (SSSR count). The number of aryl methyl sites for hydroxylation is 1. The van der Waals surface area contributed by atoms with E-state index in [1.54, 1.807) is 12.3 Å². The summed E-state index contributed by atoms with van der Waals surface area (Å²) in [7, 11) is 0. The standard InChI is InChI=1S/C29H31ClF2N4O2/c1-4-19-22(31)7-6-17-12-18(38)13-20(23(17)19)25-24(32)26-21(14-33-25)28(35-27(34-26)16(2)3)36-10-5-8-29(30,15-36)9-11-37/h6-7,12-14,16,37-38H,4-5,8-11,15H2,1-3H3. The minimum absolute atomic E-state index is 0.0105. The third kappa shape index (κ3) is 4.64. The number of aliphatic hydroxyl groups excluding tert-OH is 1. The molecule has 2 aromatic carbocycles. The quantitative estimate of drug-likeness (QED) is 0.273. The second-order valence-electron chi connectivity index (χ2n) is 10.4. The summed E-state index contributed by atoms with van der Waals surface area (Å²) in [6.45, 7) is 6.84. The zero-order valence-corrected chi connectivity index (χ0v) is 22.5. The van der Waals surface area contributed by atoms with E-state index in [0.717, 1.165) is 12.8 Å². The van der Waals surface area contributed by atoms with Crippen LogP contribution in [0.3, 0.4) is 0 Å². The monoisotopic (exact) mass is 540 g/mol. The number of halogens is 3. The Labute approximate surface area is 225 Å². The van der Waals surface area contributed by atoms with Crippen molar-refractivity contribution in [3.63, 3.8) is 0 Å². The van der Waals surface area contributed by atoms with E-state index in [-0.39, 0.29) is 29.5 Å². The van der Waals surface area contributed by atoms with Crippen molar-refractivity contribution in [2.45, 2.75) is 57.2 Å². The van der Waals surface area contributed by atoms with Crippen LogP contribution >= 0.6 is 11.6 Å². The number of piperidine rings is 1. The summed E-state index contributed by atoms with van der Waals surface area (Å²) in [4.78, 5) is 15.3. The Kier molecular flexibility index (Phi) is 7.13. The van der Waals surface area contributed by atoms with E-state index in [1.165, 1.54) is 18.2 Å². The van der Waals surface area contributed by atoms with Gasteiger partial charge >= 0.3 is 0 Å². The van der Waals surface area contributed by atoms with Gasteiger partial charge in [0, 0.05) is 37.4 Å². The summed E-state index contributed by atoms with van der Waals surface area (Å²) in [5.41, 5.74) is 0.842. The molecule has 0 radical (unpaired) electrons. The number of fused-ring (bicyclic) bond motifs is 2. The molecule has 2 aromatic heterocycles. The van der Waals surface area contributed by atoms with Crippen molar-refractivity contribution in [1.82, 2.24) is 15.0 Å². The third-order valence-electron chi connectivity index (χ3n) is 7.35. The van der Waals surface area contributed by atoms with E-state index < -0.39 is 16.5 Å². The number of anilines is 1. The molecule has 4 aromatic rings. The molecule has 1 atom stereocenters. The fourth-order valence-corrected chi connectivity index (χ4v) is 5.81. The van der Waals surface area contributed by atoms with E-state index in [2.05, 4.69) is 9.97 Å². The second kappa shape index (κ2) is 10.2. The van der Waals surface area contributed by atoms with Gasteiger partial charge < -0.3 is 15.1 Å². The van der Waals surface area contributed by atoms with Gasteiger partial charge in [0.15, 0.2) is 5.82 Å². The molecule has 6 nitrogen and oxygen atoms in total. The number of pyridine rings is 1. The van der Waals surface area contributed by atoms with Gasteiger partial charge in [-0.3, -0.25) is 4.98 Å². The summed E-state index contributed by atoms with van der Waals surface area (Å²) in [5.74, 6) is -0.144. The van der Waals surface area contributed by atoms with Crippen LogP contribution in [0.1, 0.15) is 57.3 Å². The van der Waals surface area contributed by atoms with Gasteiger partial charge in [-0.15, -0.1) is 11.6 Å². The number of benzene rings is 2. The topological polar surface area (TPSA) is 82.4 Å². The number of phenolic OH excluding ortho intramolecular Hbond substituents is 1. The largest absolute Gasteiger partial charge is 0.508 e. The number of hydrogen-bond acceptors (Lipinski definition) is 6. The molecule has 1 fully saturated rings. The van der Waals surface area contributed by atoms with E-state index in [0.29, 0.717) is 64.9 Å². The molecule has 1 unspecified atom stereocenters. The number of phenols is 1. The second-order valence-corrected chi connectivity index (χ2v) is 11.2. The van der Waals surface area contributed by atoms with Crippen LogP contribution in [0.4, 0.5) is 14.6 Å². The van der Waals surface area contributed by atoms with Gasteiger partial charge in [0.05, 0.1) is 10.3 Å². The lowest BCUT2D eigenvalue weighted by molar-refractivity contribution is 0.255. The van der Waals surface area contributed by atoms with Crippen LogP contribution in [-0.2, 0) is 6.42 Å². The van der Waals surface area contributed by atoms with Crippen molar-refractivity contribution < 1.29 is 19.0 Å². The molecule has 2 N–H and O–H groups in total. The van der Waals surface area contributed by atoms with Crippen LogP contribution in [0.2, 0.25) is 0 Å². The van der Waals surface area contributed by atoms with Gasteiger partial charge in [-0.2, -0.15) is 0 Å². The molecule has 0 spiro atoms. The van der Waals surface area contributed by atoms with Crippen LogP contribution < -0.4 is 4.90 Å². The maximum absolute atomic E-state index is 16.4. The Bertz CT molecular complexity index is 1530. The van der Waals surface area contributed by atoms with Crippen LogP contribution in [0, 0.1) is 11.6 Å². The average molecular weight is 541 g/mol. The zero-order valence-electron chi connectivity index (χ0n) is 21.7. The molecular formula is C29H31ClF2N4O2. The molecule has 1 saturated heterocycles. The Hall–Kier alpha value is -3.10. The van der Waals surface area contributed by atoms with Crippen LogP contribution in [0.25, 0.3) is 32.9 Å². The smallest absolute Gasteiger partial charge is 0.175 e. The van der Waals surface area contributed by atoms with Crippen LogP contribution in [0.15, 0.2) is 30.5 Å². The van der Waals surface area contributed by atoms with Crippen LogP contribution in [0.5, 0.6) is 5.75 Å². The highest BCUT2D eigenvalue weighted by molar-refractivity contribution is 6.24. The molecule has 200 valence electrons. The Balaban J connectivity index is 1.75. The van der Waals surface area contributed by atoms with E-state index in [9.17, 15) is 14.6 Å². The summed E-state index contributed by atoms with van der Waals surface area (Å²) < 4.78 is 31.2. The highest BCUT2D eigenvalue weighted by Gasteiger charge is 2.35. The minimum atomic E-state index is -0.657. The number of hydrogen-bond donors (Lipinski definition) is 2. The first-order chi connectivity index (χ1) is 18.2. The predicted octanol–water partition coefficient (Wildman–Crippen LogP) is 6.47. The lowest BCUT2D eigenvalue weighted by Gasteiger charge is -2.39. The minimum Gasteiger partial charge on any atom is -0.508 e. The fourth-order valence-electron chi connectivity index (χ4n) is 5.45.